The molecule has 1 aliphatic carbocycles. The molecule has 0 aromatic rings. The van der Waals surface area contributed by atoms with E-state index in [9.17, 15) is 4.79 Å². The number of nitrogens with one attached hydrogen (secondary N) is 1. The van der Waals surface area contributed by atoms with Gasteiger partial charge in [0.2, 0.25) is 0 Å². The van der Waals surface area contributed by atoms with Crippen LogP contribution in [0.2, 0.25) is 10.5 Å². The zero-order chi connectivity index (χ0) is 16.7. The Morgan fingerprint density at radius 3 is 1.82 bits per heavy atom. The predicted molar refractivity (Wildman–Crippen MR) is 102 cm³/mol. The summed E-state index contributed by atoms with van der Waals surface area (Å²) in [5.74, 6) is 0. The number of carbonyl (C=O) groups excluding carboxylic acids is 1. The smallest absolute Gasteiger partial charge is 0.0149 e. The minimum absolute atomic E-state index is 0. The van der Waals surface area contributed by atoms with E-state index in [-0.39, 0.29) is 16.4 Å². The summed E-state index contributed by atoms with van der Waals surface area (Å²) in [6, 6.07) is 0. The number of carbonyl (C=O) groups is 1. The molecule has 0 bridgehead atoms. The van der Waals surface area contributed by atoms with Crippen LogP contribution in [0.3, 0.4) is 0 Å². The molecule has 0 aromatic carbocycles. The third-order valence-corrected chi connectivity index (χ3v) is 8.25. The molecule has 4 heteroatoms. The molecule has 0 fully saturated rings. The Hall–Kier alpha value is -0.639. The molecule has 0 unspecified atom stereocenters. The van der Waals surface area contributed by atoms with Crippen molar-refractivity contribution in [3.63, 3.8) is 0 Å². The minimum atomic E-state index is -2.30. The van der Waals surface area contributed by atoms with E-state index in [4.69, 9.17) is 0 Å². The molecule has 1 amide bonds. The molecular formula is C18H35NOSiTi. The first-order chi connectivity index (χ1) is 9.64. The number of rotatable bonds is 4. The fourth-order valence-corrected chi connectivity index (χ4v) is 5.95. The molecule has 126 valence electrons. The van der Waals surface area contributed by atoms with Crippen LogP contribution in [0, 0.1) is 5.41 Å². The first-order valence-corrected chi connectivity index (χ1v) is 12.2. The van der Waals surface area contributed by atoms with Gasteiger partial charge >= 0.3 is 96.5 Å². The van der Waals surface area contributed by atoms with Crippen LogP contribution in [0.5, 0.6) is 0 Å². The molecule has 0 radical (unpaired) electrons. The van der Waals surface area contributed by atoms with E-state index in [1.807, 2.05) is 38.2 Å². The van der Waals surface area contributed by atoms with Gasteiger partial charge in [-0.05, 0) is 24.8 Å². The Labute approximate surface area is 145 Å². The Kier molecular flexibility index (Phi) is 10.9. The summed E-state index contributed by atoms with van der Waals surface area (Å²) in [6.45, 7) is 12.8. The second kappa shape index (κ2) is 10.2. The van der Waals surface area contributed by atoms with E-state index < -0.39 is 16.8 Å². The summed E-state index contributed by atoms with van der Waals surface area (Å²) in [5, 5.41) is 4.44. The molecule has 0 atom stereocenters. The van der Waals surface area contributed by atoms with Crippen LogP contribution in [0.15, 0.2) is 45.4 Å². The Balaban J connectivity index is 0. The van der Waals surface area contributed by atoms with Crippen LogP contribution >= 0.6 is 0 Å². The molecule has 1 aliphatic rings. The van der Waals surface area contributed by atoms with Crippen molar-refractivity contribution in [2.45, 2.75) is 52.0 Å². The van der Waals surface area contributed by atoms with Gasteiger partial charge in [0.05, 0.1) is 0 Å². The maximum atomic E-state index is 10.6. The third-order valence-electron chi connectivity index (χ3n) is 4.03. The van der Waals surface area contributed by atoms with Crippen molar-refractivity contribution in [1.82, 2.24) is 3.80 Å². The van der Waals surface area contributed by atoms with E-state index in [1.165, 1.54) is 15.0 Å². The van der Waals surface area contributed by atoms with Gasteiger partial charge in [-0.25, -0.2) is 0 Å². The second-order valence-electron chi connectivity index (χ2n) is 6.47. The van der Waals surface area contributed by atoms with Crippen molar-refractivity contribution in [2.75, 3.05) is 0 Å². The van der Waals surface area contributed by atoms with Crippen molar-refractivity contribution in [3.8, 4) is 0 Å². The Morgan fingerprint density at radius 2 is 1.55 bits per heavy atom. The van der Waals surface area contributed by atoms with Crippen LogP contribution in [-0.4, -0.2) is 17.4 Å². The van der Waals surface area contributed by atoms with Crippen molar-refractivity contribution < 1.29 is 21.6 Å². The van der Waals surface area contributed by atoms with Crippen LogP contribution in [0.1, 0.15) is 41.5 Å². The number of hydrogen-bond acceptors (Lipinski definition) is 1. The van der Waals surface area contributed by atoms with E-state index >= 15 is 0 Å². The average molecular weight is 357 g/mol. The van der Waals surface area contributed by atoms with Gasteiger partial charge < -0.3 is 0 Å². The summed E-state index contributed by atoms with van der Waals surface area (Å²) in [7, 11) is 0. The summed E-state index contributed by atoms with van der Waals surface area (Å²) in [6.07, 6.45) is 11.2. The first kappa shape index (κ1) is 23.6. The second-order valence-corrected chi connectivity index (χ2v) is 12.8. The minimum Gasteiger partial charge on any atom is -0.0877 e. The standard InChI is InChI=1S/C9H13.C6H10.CH3NO.2CH3.H4Si.Ti/c1-7-5-6-9(3,4)8(7)2;1-3-5-6-4-2;2-1-3;;;;/h6H,1-4H3;3-6H,1-2H3;1H,(H2,2,3);2*1H3;1H4;/q;;;;;;+1/p-1. The normalized spacial score (nSPS) is 17.0. The molecule has 0 aliphatic heterocycles. The molecular weight excluding hydrogens is 322 g/mol. The van der Waals surface area contributed by atoms with Crippen molar-refractivity contribution in [2.24, 2.45) is 5.41 Å². The fraction of sp³-hybridized carbons (Fsp3) is 0.500. The SMILES string of the molecule is CC1=C(C)C(C)(C)C=[C]1[Ti]([CH3])([CH3])[NH]C=O.CC=CC=CC.[SiH4]. The summed E-state index contributed by atoms with van der Waals surface area (Å²) < 4.78 is 4.48. The van der Waals surface area contributed by atoms with Crippen molar-refractivity contribution in [1.29, 1.82) is 0 Å². The molecule has 0 saturated carbocycles. The fourth-order valence-electron chi connectivity index (χ4n) is 2.36. The average Bonchev–Trinajstić information content (AvgIpc) is 2.61. The zero-order valence-electron chi connectivity index (χ0n) is 14.9. The summed E-state index contributed by atoms with van der Waals surface area (Å²) in [4.78, 5) is 10.6. The number of hydrogen-bond donors (Lipinski definition) is 1. The topological polar surface area (TPSA) is 29.1 Å². The van der Waals surface area contributed by atoms with Gasteiger partial charge in [-0.3, -0.25) is 0 Å². The van der Waals surface area contributed by atoms with Gasteiger partial charge in [-0.15, -0.1) is 0 Å². The van der Waals surface area contributed by atoms with Crippen LogP contribution < -0.4 is 3.80 Å². The molecule has 0 spiro atoms. The van der Waals surface area contributed by atoms with E-state index in [2.05, 4.69) is 48.0 Å². The predicted octanol–water partition coefficient (Wildman–Crippen LogP) is 3.84. The number of allylic oxidation sites excluding steroid dienone is 8. The van der Waals surface area contributed by atoms with Crippen LogP contribution in [0.25, 0.3) is 0 Å². The summed E-state index contributed by atoms with van der Waals surface area (Å²) in [5.41, 5.74) is 2.98. The molecule has 0 heterocycles. The van der Waals surface area contributed by atoms with Gasteiger partial charge in [0.1, 0.15) is 0 Å². The Morgan fingerprint density at radius 1 is 1.09 bits per heavy atom. The van der Waals surface area contributed by atoms with E-state index in [0.29, 0.717) is 0 Å². The molecule has 1 rings (SSSR count). The first-order valence-electron chi connectivity index (χ1n) is 7.51. The van der Waals surface area contributed by atoms with E-state index in [0.717, 1.165) is 6.41 Å². The van der Waals surface area contributed by atoms with E-state index in [1.54, 1.807) is 0 Å². The van der Waals surface area contributed by atoms with Crippen molar-refractivity contribution in [3.05, 3.63) is 45.4 Å². The van der Waals surface area contributed by atoms with Gasteiger partial charge in [0.25, 0.3) is 0 Å². The number of amides is 1. The van der Waals surface area contributed by atoms with Gasteiger partial charge in [0.15, 0.2) is 0 Å². The van der Waals surface area contributed by atoms with Crippen molar-refractivity contribution >= 4 is 17.4 Å². The monoisotopic (exact) mass is 357 g/mol. The van der Waals surface area contributed by atoms with Gasteiger partial charge in [0, 0.05) is 0 Å². The van der Waals surface area contributed by atoms with Crippen LogP contribution in [-0.2, 0) is 21.6 Å². The quantitative estimate of drug-likeness (QED) is 0.462. The maximum absolute atomic E-state index is 10.6. The van der Waals surface area contributed by atoms with Gasteiger partial charge in [-0.1, -0.05) is 24.3 Å². The molecule has 0 aromatic heterocycles. The molecule has 22 heavy (non-hydrogen) atoms. The third kappa shape index (κ3) is 6.64. The molecule has 2 nitrogen and oxygen atoms in total. The maximum Gasteiger partial charge on any atom is -0.0149 e. The molecule has 0 saturated heterocycles. The Bertz CT molecular complexity index is 475. The summed E-state index contributed by atoms with van der Waals surface area (Å²) >= 11 is -2.30. The van der Waals surface area contributed by atoms with Crippen LogP contribution in [0.4, 0.5) is 0 Å². The molecule has 1 N–H and O–H groups in total. The van der Waals surface area contributed by atoms with Gasteiger partial charge in [-0.2, -0.15) is 0 Å². The largest absolute Gasteiger partial charge is 0.0877 e. The zero-order valence-corrected chi connectivity index (χ0v) is 16.4.